The van der Waals surface area contributed by atoms with Crippen LogP contribution in [0.5, 0.6) is 5.75 Å². The number of fused-ring (bicyclic) bond motifs is 1. The van der Waals surface area contributed by atoms with Crippen molar-refractivity contribution >= 4 is 10.9 Å². The second-order valence-corrected chi connectivity index (χ2v) is 3.30. The van der Waals surface area contributed by atoms with Crippen LogP contribution in [0.3, 0.4) is 0 Å². The van der Waals surface area contributed by atoms with E-state index < -0.39 is 6.10 Å². The first-order valence-corrected chi connectivity index (χ1v) is 4.56. The highest BCUT2D eigenvalue weighted by Gasteiger charge is 2.10. The molecule has 2 aromatic rings. The summed E-state index contributed by atoms with van der Waals surface area (Å²) in [6, 6.07) is 5.69. The molecule has 0 bridgehead atoms. The lowest BCUT2D eigenvalue weighted by atomic mass is 10.1. The fourth-order valence-electron chi connectivity index (χ4n) is 1.69. The zero-order chi connectivity index (χ0) is 10.1. The van der Waals surface area contributed by atoms with Gasteiger partial charge in [-0.05, 0) is 24.6 Å². The number of rotatable bonds is 2. The maximum absolute atomic E-state index is 9.55. The van der Waals surface area contributed by atoms with Crippen molar-refractivity contribution in [1.82, 2.24) is 4.98 Å². The van der Waals surface area contributed by atoms with Gasteiger partial charge in [-0.25, -0.2) is 0 Å². The first kappa shape index (κ1) is 9.09. The van der Waals surface area contributed by atoms with Gasteiger partial charge in [-0.15, -0.1) is 0 Å². The third kappa shape index (κ3) is 1.26. The van der Waals surface area contributed by atoms with Gasteiger partial charge in [0.15, 0.2) is 0 Å². The Hall–Kier alpha value is -1.48. The minimum atomic E-state index is -0.459. The second kappa shape index (κ2) is 3.35. The number of ether oxygens (including phenoxy) is 1. The van der Waals surface area contributed by atoms with E-state index in [4.69, 9.17) is 4.74 Å². The Labute approximate surface area is 82.3 Å². The van der Waals surface area contributed by atoms with E-state index in [9.17, 15) is 5.11 Å². The third-order valence-corrected chi connectivity index (χ3v) is 2.39. The molecule has 3 heteroatoms. The predicted molar refractivity (Wildman–Crippen MR) is 55.5 cm³/mol. The van der Waals surface area contributed by atoms with Crippen LogP contribution < -0.4 is 4.74 Å². The molecule has 0 saturated heterocycles. The molecule has 0 spiro atoms. The average molecular weight is 191 g/mol. The molecule has 0 aliphatic carbocycles. The van der Waals surface area contributed by atoms with Gasteiger partial charge < -0.3 is 14.8 Å². The van der Waals surface area contributed by atoms with Crippen molar-refractivity contribution in [3.63, 3.8) is 0 Å². The SMILES string of the molecule is COc1ccc(C(C)O)c2cc[nH]c12. The fourth-order valence-corrected chi connectivity index (χ4v) is 1.69. The largest absolute Gasteiger partial charge is 0.495 e. The molecule has 1 atom stereocenters. The molecule has 0 aliphatic heterocycles. The van der Waals surface area contributed by atoms with Crippen molar-refractivity contribution in [3.05, 3.63) is 30.0 Å². The Kier molecular flexibility index (Phi) is 2.17. The molecule has 2 N–H and O–H groups in total. The topological polar surface area (TPSA) is 45.2 Å². The zero-order valence-electron chi connectivity index (χ0n) is 8.24. The van der Waals surface area contributed by atoms with E-state index in [1.165, 1.54) is 0 Å². The molecule has 2 rings (SSSR count). The summed E-state index contributed by atoms with van der Waals surface area (Å²) < 4.78 is 5.21. The van der Waals surface area contributed by atoms with E-state index >= 15 is 0 Å². The number of aliphatic hydroxyl groups is 1. The van der Waals surface area contributed by atoms with Gasteiger partial charge in [0.25, 0.3) is 0 Å². The van der Waals surface area contributed by atoms with Gasteiger partial charge in [0.05, 0.1) is 18.7 Å². The molecule has 0 fully saturated rings. The number of aromatic amines is 1. The highest BCUT2D eigenvalue weighted by atomic mass is 16.5. The van der Waals surface area contributed by atoms with Crippen LogP contribution in [0.4, 0.5) is 0 Å². The van der Waals surface area contributed by atoms with Crippen molar-refractivity contribution in [2.45, 2.75) is 13.0 Å². The van der Waals surface area contributed by atoms with Gasteiger partial charge in [-0.2, -0.15) is 0 Å². The van der Waals surface area contributed by atoms with Gasteiger partial charge in [0.1, 0.15) is 5.75 Å². The fraction of sp³-hybridized carbons (Fsp3) is 0.273. The molecule has 0 saturated carbocycles. The number of methoxy groups -OCH3 is 1. The van der Waals surface area contributed by atoms with Crippen molar-refractivity contribution in [2.75, 3.05) is 7.11 Å². The van der Waals surface area contributed by atoms with Gasteiger partial charge in [0, 0.05) is 11.6 Å². The molecular formula is C11H13NO2. The van der Waals surface area contributed by atoms with Crippen LogP contribution in [0.15, 0.2) is 24.4 Å². The molecule has 0 radical (unpaired) electrons. The minimum absolute atomic E-state index is 0.459. The zero-order valence-corrected chi connectivity index (χ0v) is 8.24. The minimum Gasteiger partial charge on any atom is -0.495 e. The van der Waals surface area contributed by atoms with E-state index in [-0.39, 0.29) is 0 Å². The van der Waals surface area contributed by atoms with E-state index in [0.29, 0.717) is 0 Å². The Morgan fingerprint density at radius 3 is 2.79 bits per heavy atom. The smallest absolute Gasteiger partial charge is 0.142 e. The number of aromatic nitrogens is 1. The van der Waals surface area contributed by atoms with Crippen LogP contribution in [0, 0.1) is 0 Å². The molecule has 1 aromatic heterocycles. The molecule has 1 unspecified atom stereocenters. The van der Waals surface area contributed by atoms with Crippen LogP contribution >= 0.6 is 0 Å². The van der Waals surface area contributed by atoms with Crippen LogP contribution in [0.25, 0.3) is 10.9 Å². The van der Waals surface area contributed by atoms with Gasteiger partial charge in [-0.3, -0.25) is 0 Å². The summed E-state index contributed by atoms with van der Waals surface area (Å²) in [5.74, 6) is 0.800. The highest BCUT2D eigenvalue weighted by Crippen LogP contribution is 2.30. The van der Waals surface area contributed by atoms with E-state index in [1.807, 2.05) is 24.4 Å². The first-order valence-electron chi connectivity index (χ1n) is 4.56. The van der Waals surface area contributed by atoms with Gasteiger partial charge in [-0.1, -0.05) is 6.07 Å². The Bertz CT molecular complexity index is 445. The number of hydrogen-bond acceptors (Lipinski definition) is 2. The Morgan fingerprint density at radius 2 is 2.14 bits per heavy atom. The molecular weight excluding hydrogens is 178 g/mol. The Morgan fingerprint density at radius 1 is 1.36 bits per heavy atom. The second-order valence-electron chi connectivity index (χ2n) is 3.30. The quantitative estimate of drug-likeness (QED) is 0.764. The number of hydrogen-bond donors (Lipinski definition) is 2. The van der Waals surface area contributed by atoms with E-state index in [0.717, 1.165) is 22.2 Å². The van der Waals surface area contributed by atoms with Crippen LogP contribution in [0.1, 0.15) is 18.6 Å². The summed E-state index contributed by atoms with van der Waals surface area (Å²) in [5.41, 5.74) is 1.85. The molecule has 14 heavy (non-hydrogen) atoms. The lowest BCUT2D eigenvalue weighted by Gasteiger charge is -2.08. The molecule has 1 aromatic carbocycles. The first-order chi connectivity index (χ1) is 6.74. The summed E-state index contributed by atoms with van der Waals surface area (Å²) in [5, 5.41) is 10.6. The molecule has 1 heterocycles. The van der Waals surface area contributed by atoms with E-state index in [2.05, 4.69) is 4.98 Å². The normalized spacial score (nSPS) is 13.1. The molecule has 74 valence electrons. The summed E-state index contributed by atoms with van der Waals surface area (Å²) in [7, 11) is 1.64. The number of nitrogens with one attached hydrogen (secondary N) is 1. The highest BCUT2D eigenvalue weighted by molar-refractivity contribution is 5.88. The summed E-state index contributed by atoms with van der Waals surface area (Å²) in [6.45, 7) is 1.76. The van der Waals surface area contributed by atoms with E-state index in [1.54, 1.807) is 14.0 Å². The summed E-state index contributed by atoms with van der Waals surface area (Å²) >= 11 is 0. The van der Waals surface area contributed by atoms with Gasteiger partial charge >= 0.3 is 0 Å². The summed E-state index contributed by atoms with van der Waals surface area (Å²) in [6.07, 6.45) is 1.39. The van der Waals surface area contributed by atoms with Crippen molar-refractivity contribution < 1.29 is 9.84 Å². The maximum atomic E-state index is 9.55. The standard InChI is InChI=1S/C11H13NO2/c1-7(13)8-3-4-10(14-2)11-9(8)5-6-12-11/h3-7,12-13H,1-2H3. The molecule has 0 amide bonds. The number of H-pyrrole nitrogens is 1. The van der Waals surface area contributed by atoms with Crippen molar-refractivity contribution in [1.29, 1.82) is 0 Å². The lowest BCUT2D eigenvalue weighted by Crippen LogP contribution is -1.93. The summed E-state index contributed by atoms with van der Waals surface area (Å²) in [4.78, 5) is 3.10. The Balaban J connectivity index is 2.72. The van der Waals surface area contributed by atoms with Crippen molar-refractivity contribution in [2.24, 2.45) is 0 Å². The lowest BCUT2D eigenvalue weighted by molar-refractivity contribution is 0.201. The molecule has 0 aliphatic rings. The van der Waals surface area contributed by atoms with Crippen LogP contribution in [-0.4, -0.2) is 17.2 Å². The monoisotopic (exact) mass is 191 g/mol. The van der Waals surface area contributed by atoms with Crippen LogP contribution in [-0.2, 0) is 0 Å². The third-order valence-electron chi connectivity index (χ3n) is 2.39. The predicted octanol–water partition coefficient (Wildman–Crippen LogP) is 2.23. The molecule has 3 nitrogen and oxygen atoms in total. The van der Waals surface area contributed by atoms with Crippen molar-refractivity contribution in [3.8, 4) is 5.75 Å². The number of benzene rings is 1. The average Bonchev–Trinajstić information content (AvgIpc) is 2.64. The van der Waals surface area contributed by atoms with Crippen LogP contribution in [0.2, 0.25) is 0 Å². The number of aliphatic hydroxyl groups excluding tert-OH is 1. The van der Waals surface area contributed by atoms with Gasteiger partial charge in [0.2, 0.25) is 0 Å². The maximum Gasteiger partial charge on any atom is 0.142 e.